The van der Waals surface area contributed by atoms with E-state index in [0.717, 1.165) is 37.5 Å². The number of aromatic nitrogens is 2. The molecule has 2 aromatic heterocycles. The van der Waals surface area contributed by atoms with Gasteiger partial charge in [0.15, 0.2) is 0 Å². The highest BCUT2D eigenvalue weighted by molar-refractivity contribution is 5.94. The second-order valence-corrected chi connectivity index (χ2v) is 6.33. The van der Waals surface area contributed by atoms with Crippen molar-refractivity contribution in [2.75, 3.05) is 5.32 Å². The Kier molecular flexibility index (Phi) is 3.61. The summed E-state index contributed by atoms with van der Waals surface area (Å²) in [5.74, 6) is 1.25. The molecule has 0 spiro atoms. The summed E-state index contributed by atoms with van der Waals surface area (Å²) >= 11 is 0. The number of nitrogens with one attached hydrogen (secondary N) is 1. The maximum Gasteiger partial charge on any atom is 0.228 e. The van der Waals surface area contributed by atoms with E-state index in [-0.39, 0.29) is 17.9 Å². The number of carbonyl (C=O) groups is 1. The van der Waals surface area contributed by atoms with E-state index in [1.54, 1.807) is 12.3 Å². The van der Waals surface area contributed by atoms with Crippen molar-refractivity contribution in [1.82, 2.24) is 9.97 Å². The summed E-state index contributed by atoms with van der Waals surface area (Å²) in [6, 6.07) is 5.50. The van der Waals surface area contributed by atoms with E-state index in [2.05, 4.69) is 15.3 Å². The number of nitrogens with zero attached hydrogens (tertiary/aromatic N) is 2. The minimum Gasteiger partial charge on any atom is -0.472 e. The van der Waals surface area contributed by atoms with Crippen LogP contribution >= 0.6 is 0 Å². The van der Waals surface area contributed by atoms with Crippen molar-refractivity contribution in [3.05, 3.63) is 24.4 Å². The lowest BCUT2D eigenvalue weighted by Crippen LogP contribution is -2.25. The van der Waals surface area contributed by atoms with Crippen LogP contribution < -0.4 is 10.1 Å². The van der Waals surface area contributed by atoms with Crippen molar-refractivity contribution in [3.63, 3.8) is 0 Å². The van der Waals surface area contributed by atoms with Gasteiger partial charge >= 0.3 is 0 Å². The average molecular weight is 313 g/mol. The molecule has 2 atom stereocenters. The minimum absolute atomic E-state index is 0.0417. The summed E-state index contributed by atoms with van der Waals surface area (Å²) in [7, 11) is 0. The third-order valence-electron chi connectivity index (χ3n) is 4.44. The van der Waals surface area contributed by atoms with Gasteiger partial charge in [-0.15, -0.1) is 0 Å². The monoisotopic (exact) mass is 313 g/mol. The molecule has 2 N–H and O–H groups in total. The first-order valence-corrected chi connectivity index (χ1v) is 8.11. The van der Waals surface area contributed by atoms with Gasteiger partial charge in [-0.1, -0.05) is 0 Å². The molecule has 6 heteroatoms. The Labute approximate surface area is 133 Å². The number of aliphatic hydroxyl groups is 1. The SMILES string of the molecule is O=C(Nc1cc2ccc(O[C@@H]3CCC[C@H]3O)nc2cn1)C1CC1. The van der Waals surface area contributed by atoms with E-state index >= 15 is 0 Å². The molecule has 2 fully saturated rings. The second kappa shape index (κ2) is 5.77. The van der Waals surface area contributed by atoms with Gasteiger partial charge in [0.05, 0.1) is 17.8 Å². The van der Waals surface area contributed by atoms with Crippen LogP contribution in [0.25, 0.3) is 10.9 Å². The van der Waals surface area contributed by atoms with Gasteiger partial charge in [-0.3, -0.25) is 4.79 Å². The van der Waals surface area contributed by atoms with Crippen molar-refractivity contribution in [3.8, 4) is 5.88 Å². The number of pyridine rings is 2. The first kappa shape index (κ1) is 14.4. The van der Waals surface area contributed by atoms with Gasteiger partial charge in [-0.05, 0) is 44.2 Å². The van der Waals surface area contributed by atoms with Gasteiger partial charge in [0, 0.05) is 17.4 Å². The lowest BCUT2D eigenvalue weighted by atomic mass is 10.2. The second-order valence-electron chi connectivity index (χ2n) is 6.33. The smallest absolute Gasteiger partial charge is 0.228 e. The first-order chi connectivity index (χ1) is 11.2. The highest BCUT2D eigenvalue weighted by atomic mass is 16.5. The van der Waals surface area contributed by atoms with Gasteiger partial charge in [-0.2, -0.15) is 0 Å². The molecule has 23 heavy (non-hydrogen) atoms. The largest absolute Gasteiger partial charge is 0.472 e. The fraction of sp³-hybridized carbons (Fsp3) is 0.471. The molecule has 2 aliphatic carbocycles. The van der Waals surface area contributed by atoms with E-state index in [4.69, 9.17) is 4.74 Å². The molecular formula is C17H19N3O3. The molecule has 2 aliphatic rings. The van der Waals surface area contributed by atoms with Crippen LogP contribution in [0, 0.1) is 5.92 Å². The molecule has 0 radical (unpaired) electrons. The predicted octanol–water partition coefficient (Wildman–Crippen LogP) is 2.27. The first-order valence-electron chi connectivity index (χ1n) is 8.11. The lowest BCUT2D eigenvalue weighted by Gasteiger charge is -2.16. The molecule has 4 rings (SSSR count). The molecule has 1 amide bonds. The van der Waals surface area contributed by atoms with Crippen LogP contribution in [0.2, 0.25) is 0 Å². The summed E-state index contributed by atoms with van der Waals surface area (Å²) in [5.41, 5.74) is 0.708. The zero-order valence-corrected chi connectivity index (χ0v) is 12.7. The number of carbonyl (C=O) groups excluding carboxylic acids is 1. The maximum absolute atomic E-state index is 11.8. The van der Waals surface area contributed by atoms with Crippen LogP contribution in [0.4, 0.5) is 5.82 Å². The van der Waals surface area contributed by atoms with Gasteiger partial charge in [-0.25, -0.2) is 9.97 Å². The number of hydrogen-bond acceptors (Lipinski definition) is 5. The highest BCUT2D eigenvalue weighted by Gasteiger charge is 2.30. The topological polar surface area (TPSA) is 84.3 Å². The van der Waals surface area contributed by atoms with Crippen LogP contribution in [0.1, 0.15) is 32.1 Å². The number of aliphatic hydroxyl groups excluding tert-OH is 1. The number of rotatable bonds is 4. The molecule has 2 aromatic rings. The summed E-state index contributed by atoms with van der Waals surface area (Å²) in [4.78, 5) is 20.5. The fourth-order valence-corrected chi connectivity index (χ4v) is 2.91. The van der Waals surface area contributed by atoms with E-state index in [0.29, 0.717) is 17.2 Å². The Bertz CT molecular complexity index is 745. The van der Waals surface area contributed by atoms with Crippen molar-refractivity contribution in [1.29, 1.82) is 0 Å². The molecule has 0 aliphatic heterocycles. The van der Waals surface area contributed by atoms with Crippen molar-refractivity contribution < 1.29 is 14.6 Å². The normalized spacial score (nSPS) is 23.9. The highest BCUT2D eigenvalue weighted by Crippen LogP contribution is 2.30. The van der Waals surface area contributed by atoms with Gasteiger partial charge < -0.3 is 15.2 Å². The van der Waals surface area contributed by atoms with Crippen LogP contribution in [0.15, 0.2) is 24.4 Å². The maximum atomic E-state index is 11.8. The molecule has 0 aromatic carbocycles. The number of amides is 1. The van der Waals surface area contributed by atoms with Crippen molar-refractivity contribution in [2.24, 2.45) is 5.92 Å². The van der Waals surface area contributed by atoms with Gasteiger partial charge in [0.1, 0.15) is 11.9 Å². The molecular weight excluding hydrogens is 294 g/mol. The summed E-state index contributed by atoms with van der Waals surface area (Å²) in [5, 5.41) is 13.6. The van der Waals surface area contributed by atoms with Crippen LogP contribution in [-0.2, 0) is 4.79 Å². The van der Waals surface area contributed by atoms with Crippen LogP contribution in [-0.4, -0.2) is 33.2 Å². The minimum atomic E-state index is -0.411. The van der Waals surface area contributed by atoms with Gasteiger partial charge in [0.2, 0.25) is 11.8 Å². The molecule has 2 heterocycles. The summed E-state index contributed by atoms with van der Waals surface area (Å²) < 4.78 is 5.77. The Morgan fingerprint density at radius 3 is 2.87 bits per heavy atom. The zero-order valence-electron chi connectivity index (χ0n) is 12.7. The van der Waals surface area contributed by atoms with E-state index in [1.807, 2.05) is 12.1 Å². The Morgan fingerprint density at radius 2 is 2.13 bits per heavy atom. The van der Waals surface area contributed by atoms with Crippen LogP contribution in [0.5, 0.6) is 5.88 Å². The standard InChI is InChI=1S/C17H19N3O3/c21-13-2-1-3-14(13)23-16-7-6-11-8-15(18-9-12(11)19-16)20-17(22)10-4-5-10/h6-10,13-14,21H,1-5H2,(H,18,20,22)/t13-,14-/m1/s1. The third-order valence-corrected chi connectivity index (χ3v) is 4.44. The number of hydrogen-bond donors (Lipinski definition) is 2. The number of ether oxygens (including phenoxy) is 1. The van der Waals surface area contributed by atoms with Crippen molar-refractivity contribution >= 4 is 22.6 Å². The van der Waals surface area contributed by atoms with E-state index in [9.17, 15) is 9.90 Å². The fourth-order valence-electron chi connectivity index (χ4n) is 2.91. The molecule has 0 unspecified atom stereocenters. The Morgan fingerprint density at radius 1 is 1.26 bits per heavy atom. The quantitative estimate of drug-likeness (QED) is 0.904. The molecule has 0 saturated heterocycles. The summed E-state index contributed by atoms with van der Waals surface area (Å²) in [6.45, 7) is 0. The Hall–Kier alpha value is -2.21. The Balaban J connectivity index is 1.51. The van der Waals surface area contributed by atoms with E-state index in [1.165, 1.54) is 0 Å². The van der Waals surface area contributed by atoms with E-state index < -0.39 is 6.10 Å². The number of fused-ring (bicyclic) bond motifs is 1. The number of anilines is 1. The van der Waals surface area contributed by atoms with Crippen LogP contribution in [0.3, 0.4) is 0 Å². The third kappa shape index (κ3) is 3.12. The van der Waals surface area contributed by atoms with Crippen molar-refractivity contribution in [2.45, 2.75) is 44.3 Å². The zero-order chi connectivity index (χ0) is 15.8. The molecule has 6 nitrogen and oxygen atoms in total. The molecule has 120 valence electrons. The molecule has 2 saturated carbocycles. The predicted molar refractivity (Wildman–Crippen MR) is 85.2 cm³/mol. The molecule has 0 bridgehead atoms. The average Bonchev–Trinajstić information content (AvgIpc) is 3.32. The van der Waals surface area contributed by atoms with Gasteiger partial charge in [0.25, 0.3) is 0 Å². The lowest BCUT2D eigenvalue weighted by molar-refractivity contribution is -0.117. The summed E-state index contributed by atoms with van der Waals surface area (Å²) in [6.07, 6.45) is 5.59.